The van der Waals surface area contributed by atoms with Crippen molar-refractivity contribution < 1.29 is 5.21 Å². The minimum atomic E-state index is 0.426. The van der Waals surface area contributed by atoms with Crippen molar-refractivity contribution in [2.75, 3.05) is 0 Å². The summed E-state index contributed by atoms with van der Waals surface area (Å²) in [4.78, 5) is 11.4. The molecule has 0 unspecified atom stereocenters. The first kappa shape index (κ1) is 8.09. The smallest absolute Gasteiger partial charge is 0.172 e. The third-order valence-electron chi connectivity index (χ3n) is 0.861. The highest BCUT2D eigenvalue weighted by Gasteiger charge is 1.89. The molecule has 58 valence electrons. The van der Waals surface area contributed by atoms with E-state index in [2.05, 4.69) is 30.9 Å². The van der Waals surface area contributed by atoms with Crippen LogP contribution in [0.25, 0.3) is 0 Å². The number of nitrogens with zero attached hydrogens (tertiary/aromatic N) is 3. The third-order valence-corrected chi connectivity index (χ3v) is 1.27. The van der Waals surface area contributed by atoms with Gasteiger partial charge in [-0.3, -0.25) is 10.7 Å². The first-order valence-corrected chi connectivity index (χ1v) is 3.52. The SMILES string of the molecule is ONC=Nc1cnc(Br)cn1. The highest BCUT2D eigenvalue weighted by atomic mass is 79.9. The van der Waals surface area contributed by atoms with Gasteiger partial charge < -0.3 is 0 Å². The maximum absolute atomic E-state index is 8.13. The molecule has 0 aliphatic carbocycles. The van der Waals surface area contributed by atoms with Gasteiger partial charge in [0, 0.05) is 0 Å². The molecule has 0 amide bonds. The summed E-state index contributed by atoms with van der Waals surface area (Å²) in [7, 11) is 0. The molecular weight excluding hydrogens is 212 g/mol. The minimum Gasteiger partial charge on any atom is -0.290 e. The Hall–Kier alpha value is -1.01. The topological polar surface area (TPSA) is 70.4 Å². The molecule has 0 aromatic carbocycles. The van der Waals surface area contributed by atoms with Crippen LogP contribution >= 0.6 is 15.9 Å². The first-order chi connectivity index (χ1) is 5.33. The largest absolute Gasteiger partial charge is 0.290 e. The van der Waals surface area contributed by atoms with Gasteiger partial charge in [0.15, 0.2) is 5.82 Å². The number of rotatable bonds is 2. The number of nitrogens with one attached hydrogen (secondary N) is 1. The van der Waals surface area contributed by atoms with Crippen molar-refractivity contribution in [1.82, 2.24) is 15.4 Å². The van der Waals surface area contributed by atoms with Gasteiger partial charge in [0.05, 0.1) is 12.4 Å². The fourth-order valence-corrected chi connectivity index (χ4v) is 0.672. The summed E-state index contributed by atoms with van der Waals surface area (Å²) in [5.41, 5.74) is 1.76. The molecule has 1 rings (SSSR count). The van der Waals surface area contributed by atoms with Crippen LogP contribution in [0.2, 0.25) is 0 Å². The molecule has 0 aliphatic heterocycles. The fourth-order valence-electron chi connectivity index (χ4n) is 0.467. The van der Waals surface area contributed by atoms with E-state index in [1.54, 1.807) is 5.48 Å². The van der Waals surface area contributed by atoms with Crippen molar-refractivity contribution in [2.24, 2.45) is 4.99 Å². The molecule has 5 nitrogen and oxygen atoms in total. The van der Waals surface area contributed by atoms with Crippen LogP contribution in [0.3, 0.4) is 0 Å². The van der Waals surface area contributed by atoms with Gasteiger partial charge in [-0.2, -0.15) is 0 Å². The molecule has 0 radical (unpaired) electrons. The predicted octanol–water partition coefficient (Wildman–Crippen LogP) is 0.878. The minimum absolute atomic E-state index is 0.426. The highest BCUT2D eigenvalue weighted by Crippen LogP contribution is 2.07. The van der Waals surface area contributed by atoms with Crippen molar-refractivity contribution in [3.63, 3.8) is 0 Å². The number of halogens is 1. The Labute approximate surface area is 71.3 Å². The van der Waals surface area contributed by atoms with Gasteiger partial charge in [-0.05, 0) is 15.9 Å². The number of hydrogen-bond acceptors (Lipinski definition) is 4. The van der Waals surface area contributed by atoms with E-state index in [0.29, 0.717) is 10.4 Å². The molecule has 0 atom stereocenters. The molecule has 0 aliphatic rings. The van der Waals surface area contributed by atoms with Crippen LogP contribution in [-0.2, 0) is 0 Å². The Bertz CT molecular complexity index is 247. The second-order valence-corrected chi connectivity index (χ2v) is 2.40. The van der Waals surface area contributed by atoms with Crippen LogP contribution in [0.5, 0.6) is 0 Å². The standard InChI is InChI=1S/C5H5BrN4O/c6-4-1-8-5(2-7-4)9-3-10-11/h1-3,11H,(H,8,9,10). The molecule has 0 saturated heterocycles. The molecule has 6 heteroatoms. The summed E-state index contributed by atoms with van der Waals surface area (Å²) in [6.07, 6.45) is 4.10. The van der Waals surface area contributed by atoms with Gasteiger partial charge in [-0.1, -0.05) is 0 Å². The predicted molar refractivity (Wildman–Crippen MR) is 42.8 cm³/mol. The Morgan fingerprint density at radius 1 is 1.55 bits per heavy atom. The first-order valence-electron chi connectivity index (χ1n) is 2.72. The lowest BCUT2D eigenvalue weighted by Gasteiger charge is -1.90. The molecule has 1 aromatic rings. The maximum Gasteiger partial charge on any atom is 0.172 e. The number of aliphatic imine (C=N–C) groups is 1. The molecule has 1 heterocycles. The molecule has 2 N–H and O–H groups in total. The average Bonchev–Trinajstić information content (AvgIpc) is 2.04. The number of hydroxylamine groups is 1. The van der Waals surface area contributed by atoms with Crippen LogP contribution in [0.4, 0.5) is 5.82 Å². The lowest BCUT2D eigenvalue weighted by Crippen LogP contribution is -2.01. The van der Waals surface area contributed by atoms with E-state index in [1.165, 1.54) is 12.4 Å². The summed E-state index contributed by atoms with van der Waals surface area (Å²) < 4.78 is 0.647. The summed E-state index contributed by atoms with van der Waals surface area (Å²) in [6.45, 7) is 0. The zero-order chi connectivity index (χ0) is 8.10. The van der Waals surface area contributed by atoms with Gasteiger partial charge in [-0.25, -0.2) is 15.0 Å². The molecule has 0 bridgehead atoms. The van der Waals surface area contributed by atoms with E-state index < -0.39 is 0 Å². The summed E-state index contributed by atoms with van der Waals surface area (Å²) in [5, 5.41) is 8.13. The molecule has 0 spiro atoms. The lowest BCUT2D eigenvalue weighted by atomic mass is 10.7. The maximum atomic E-state index is 8.13. The molecule has 0 fully saturated rings. The summed E-state index contributed by atoms with van der Waals surface area (Å²) >= 11 is 3.12. The van der Waals surface area contributed by atoms with Crippen molar-refractivity contribution >= 4 is 28.1 Å². The summed E-state index contributed by atoms with van der Waals surface area (Å²) in [6, 6.07) is 0. The molecular formula is C5H5BrN4O. The van der Waals surface area contributed by atoms with Gasteiger partial charge in [0.25, 0.3) is 0 Å². The Kier molecular flexibility index (Phi) is 2.94. The molecule has 0 saturated carbocycles. The average molecular weight is 217 g/mol. The lowest BCUT2D eigenvalue weighted by molar-refractivity contribution is 0.240. The zero-order valence-corrected chi connectivity index (χ0v) is 6.98. The zero-order valence-electron chi connectivity index (χ0n) is 5.40. The van der Waals surface area contributed by atoms with Gasteiger partial charge in [-0.15, -0.1) is 0 Å². The monoisotopic (exact) mass is 216 g/mol. The van der Waals surface area contributed by atoms with Gasteiger partial charge in [0.1, 0.15) is 10.9 Å². The highest BCUT2D eigenvalue weighted by molar-refractivity contribution is 9.10. The quantitative estimate of drug-likeness (QED) is 0.438. The fraction of sp³-hybridized carbons (Fsp3) is 0. The number of hydrogen-bond donors (Lipinski definition) is 2. The van der Waals surface area contributed by atoms with Crippen molar-refractivity contribution in [2.45, 2.75) is 0 Å². The number of aromatic nitrogens is 2. The van der Waals surface area contributed by atoms with Gasteiger partial charge >= 0.3 is 0 Å². The van der Waals surface area contributed by atoms with E-state index >= 15 is 0 Å². The van der Waals surface area contributed by atoms with E-state index in [-0.39, 0.29) is 0 Å². The Morgan fingerprint density at radius 2 is 2.36 bits per heavy atom. The van der Waals surface area contributed by atoms with Crippen molar-refractivity contribution in [3.8, 4) is 0 Å². The van der Waals surface area contributed by atoms with E-state index in [0.717, 1.165) is 6.34 Å². The second-order valence-electron chi connectivity index (χ2n) is 1.58. The van der Waals surface area contributed by atoms with Crippen LogP contribution in [0.1, 0.15) is 0 Å². The van der Waals surface area contributed by atoms with E-state index in [1.807, 2.05) is 0 Å². The Balaban J connectivity index is 2.73. The molecule has 11 heavy (non-hydrogen) atoms. The van der Waals surface area contributed by atoms with Crippen LogP contribution in [-0.4, -0.2) is 21.5 Å². The van der Waals surface area contributed by atoms with Crippen molar-refractivity contribution in [1.29, 1.82) is 0 Å². The summed E-state index contributed by atoms with van der Waals surface area (Å²) in [5.74, 6) is 0.426. The van der Waals surface area contributed by atoms with Crippen molar-refractivity contribution in [3.05, 3.63) is 17.0 Å². The van der Waals surface area contributed by atoms with Crippen LogP contribution in [0.15, 0.2) is 22.0 Å². The van der Waals surface area contributed by atoms with Crippen LogP contribution in [0, 0.1) is 0 Å². The van der Waals surface area contributed by atoms with Gasteiger partial charge in [0.2, 0.25) is 0 Å². The van der Waals surface area contributed by atoms with E-state index in [4.69, 9.17) is 5.21 Å². The Morgan fingerprint density at radius 3 is 2.91 bits per heavy atom. The second kappa shape index (κ2) is 3.99. The molecule has 1 aromatic heterocycles. The van der Waals surface area contributed by atoms with Crippen LogP contribution < -0.4 is 5.48 Å². The normalized spacial score (nSPS) is 10.4. The third kappa shape index (κ3) is 2.60. The van der Waals surface area contributed by atoms with E-state index in [9.17, 15) is 0 Å².